The number of piperazine rings is 1. The molecule has 0 aliphatic carbocycles. The molecule has 1 amide bonds. The van der Waals surface area contributed by atoms with Crippen molar-refractivity contribution in [2.75, 3.05) is 31.1 Å². The smallest absolute Gasteiger partial charge is 0.292 e. The summed E-state index contributed by atoms with van der Waals surface area (Å²) < 4.78 is 13.5. The van der Waals surface area contributed by atoms with Gasteiger partial charge in [0.1, 0.15) is 11.5 Å². The molecule has 1 saturated heterocycles. The quantitative estimate of drug-likeness (QED) is 0.619. The van der Waals surface area contributed by atoms with Crippen molar-refractivity contribution in [3.63, 3.8) is 0 Å². The summed E-state index contributed by atoms with van der Waals surface area (Å²) in [6, 6.07) is 10.0. The predicted molar refractivity (Wildman–Crippen MR) is 92.6 cm³/mol. The highest BCUT2D eigenvalue weighted by Gasteiger charge is 2.26. The van der Waals surface area contributed by atoms with Crippen molar-refractivity contribution >= 4 is 28.9 Å². The third-order valence-electron chi connectivity index (χ3n) is 4.13. The lowest BCUT2D eigenvalue weighted by atomic mass is 10.1. The zero-order chi connectivity index (χ0) is 18.0. The maximum Gasteiger partial charge on any atom is 0.292 e. The summed E-state index contributed by atoms with van der Waals surface area (Å²) >= 11 is 5.82. The van der Waals surface area contributed by atoms with Crippen LogP contribution in [0.3, 0.4) is 0 Å². The lowest BCUT2D eigenvalue weighted by Gasteiger charge is -2.35. The monoisotopic (exact) mass is 363 g/mol. The summed E-state index contributed by atoms with van der Waals surface area (Å²) in [6.07, 6.45) is 0. The molecule has 0 N–H and O–H groups in total. The standard InChI is InChI=1S/C17H15ClFN3O3/c18-13-3-1-12(2-4-13)17(23)21-9-7-20(8-10-21)16-11-14(19)5-6-15(16)22(24)25/h1-6,11H,7-10H2. The van der Waals surface area contributed by atoms with Crippen LogP contribution in [0.15, 0.2) is 42.5 Å². The maximum absolute atomic E-state index is 13.5. The number of rotatable bonds is 3. The number of hydrogen-bond donors (Lipinski definition) is 0. The Morgan fingerprint density at radius 1 is 1.08 bits per heavy atom. The van der Waals surface area contributed by atoms with Crippen LogP contribution in [0.2, 0.25) is 5.02 Å². The van der Waals surface area contributed by atoms with Gasteiger partial charge in [-0.3, -0.25) is 14.9 Å². The van der Waals surface area contributed by atoms with E-state index in [-0.39, 0.29) is 17.3 Å². The summed E-state index contributed by atoms with van der Waals surface area (Å²) in [5.74, 6) is -0.648. The highest BCUT2D eigenvalue weighted by atomic mass is 35.5. The van der Waals surface area contributed by atoms with Gasteiger partial charge < -0.3 is 9.80 Å². The zero-order valence-electron chi connectivity index (χ0n) is 13.2. The predicted octanol–water partition coefficient (Wildman–Crippen LogP) is 3.35. The first-order valence-corrected chi connectivity index (χ1v) is 8.07. The Labute approximate surface area is 148 Å². The molecular formula is C17H15ClFN3O3. The molecular weight excluding hydrogens is 349 g/mol. The minimum atomic E-state index is -0.528. The first-order chi connectivity index (χ1) is 12.0. The molecule has 1 aliphatic heterocycles. The van der Waals surface area contributed by atoms with E-state index in [1.807, 2.05) is 0 Å². The molecule has 0 unspecified atom stereocenters. The van der Waals surface area contributed by atoms with Crippen molar-refractivity contribution in [3.05, 3.63) is 69.0 Å². The fraction of sp³-hybridized carbons (Fsp3) is 0.235. The fourth-order valence-electron chi connectivity index (χ4n) is 2.83. The van der Waals surface area contributed by atoms with Gasteiger partial charge in [0.15, 0.2) is 0 Å². The molecule has 0 radical (unpaired) electrons. The van der Waals surface area contributed by atoms with Gasteiger partial charge >= 0.3 is 0 Å². The summed E-state index contributed by atoms with van der Waals surface area (Å²) in [5.41, 5.74) is 0.636. The highest BCUT2D eigenvalue weighted by molar-refractivity contribution is 6.30. The molecule has 0 aromatic heterocycles. The number of benzene rings is 2. The van der Waals surface area contributed by atoms with Gasteiger partial charge in [0.25, 0.3) is 11.6 Å². The van der Waals surface area contributed by atoms with E-state index in [0.717, 1.165) is 18.2 Å². The van der Waals surface area contributed by atoms with Crippen LogP contribution in [0.1, 0.15) is 10.4 Å². The van der Waals surface area contributed by atoms with E-state index >= 15 is 0 Å². The summed E-state index contributed by atoms with van der Waals surface area (Å²) in [7, 11) is 0. The first-order valence-electron chi connectivity index (χ1n) is 7.69. The van der Waals surface area contributed by atoms with E-state index in [2.05, 4.69) is 0 Å². The average Bonchev–Trinajstić information content (AvgIpc) is 2.61. The highest BCUT2D eigenvalue weighted by Crippen LogP contribution is 2.29. The number of hydrogen-bond acceptors (Lipinski definition) is 4. The summed E-state index contributed by atoms with van der Waals surface area (Å²) in [5, 5.41) is 11.7. The third-order valence-corrected chi connectivity index (χ3v) is 4.38. The lowest BCUT2D eigenvalue weighted by Crippen LogP contribution is -2.49. The van der Waals surface area contributed by atoms with Crippen molar-refractivity contribution in [1.82, 2.24) is 4.90 Å². The van der Waals surface area contributed by atoms with E-state index < -0.39 is 10.7 Å². The molecule has 1 fully saturated rings. The molecule has 130 valence electrons. The first kappa shape index (κ1) is 17.2. The number of anilines is 1. The van der Waals surface area contributed by atoms with Crippen LogP contribution < -0.4 is 4.90 Å². The molecule has 0 saturated carbocycles. The van der Waals surface area contributed by atoms with Gasteiger partial charge in [-0.2, -0.15) is 0 Å². The minimum absolute atomic E-state index is 0.120. The van der Waals surface area contributed by atoms with Crippen LogP contribution in [0.25, 0.3) is 0 Å². The Hall–Kier alpha value is -2.67. The molecule has 3 rings (SSSR count). The average molecular weight is 364 g/mol. The number of nitro groups is 1. The summed E-state index contributed by atoms with van der Waals surface area (Å²) in [4.78, 5) is 26.5. The van der Waals surface area contributed by atoms with Crippen LogP contribution in [0.5, 0.6) is 0 Å². The Bertz CT molecular complexity index is 805. The van der Waals surface area contributed by atoms with Crippen molar-refractivity contribution in [2.45, 2.75) is 0 Å². The number of halogens is 2. The Kier molecular flexibility index (Phi) is 4.85. The molecule has 0 bridgehead atoms. The number of amides is 1. The number of carbonyl (C=O) groups excluding carboxylic acids is 1. The van der Waals surface area contributed by atoms with E-state index in [1.165, 1.54) is 0 Å². The Balaban J connectivity index is 1.72. The zero-order valence-corrected chi connectivity index (χ0v) is 13.9. The maximum atomic E-state index is 13.5. The van der Waals surface area contributed by atoms with Crippen LogP contribution in [0.4, 0.5) is 15.8 Å². The number of nitro benzene ring substituents is 1. The molecule has 1 aliphatic rings. The Morgan fingerprint density at radius 2 is 1.72 bits per heavy atom. The molecule has 6 nitrogen and oxygen atoms in total. The second kappa shape index (κ2) is 7.06. The van der Waals surface area contributed by atoms with E-state index in [0.29, 0.717) is 36.8 Å². The minimum Gasteiger partial charge on any atom is -0.362 e. The topological polar surface area (TPSA) is 66.7 Å². The molecule has 0 spiro atoms. The SMILES string of the molecule is O=C(c1ccc(Cl)cc1)N1CCN(c2cc(F)ccc2[N+](=O)[O-])CC1. The van der Waals surface area contributed by atoms with Crippen LogP contribution >= 0.6 is 11.6 Å². The second-order valence-electron chi connectivity index (χ2n) is 5.68. The van der Waals surface area contributed by atoms with Gasteiger partial charge in [-0.15, -0.1) is 0 Å². The molecule has 2 aromatic rings. The van der Waals surface area contributed by atoms with Gasteiger partial charge in [-0.1, -0.05) is 11.6 Å². The number of nitrogens with zero attached hydrogens (tertiary/aromatic N) is 3. The van der Waals surface area contributed by atoms with Gasteiger partial charge in [0, 0.05) is 48.9 Å². The third kappa shape index (κ3) is 3.71. The Morgan fingerprint density at radius 3 is 2.32 bits per heavy atom. The van der Waals surface area contributed by atoms with Crippen LogP contribution in [-0.4, -0.2) is 41.9 Å². The molecule has 2 aromatic carbocycles. The van der Waals surface area contributed by atoms with Crippen LogP contribution in [0, 0.1) is 15.9 Å². The lowest BCUT2D eigenvalue weighted by molar-refractivity contribution is -0.384. The van der Waals surface area contributed by atoms with Gasteiger partial charge in [-0.05, 0) is 30.3 Å². The second-order valence-corrected chi connectivity index (χ2v) is 6.11. The van der Waals surface area contributed by atoms with Crippen molar-refractivity contribution in [3.8, 4) is 0 Å². The van der Waals surface area contributed by atoms with Gasteiger partial charge in [-0.25, -0.2) is 4.39 Å². The molecule has 8 heteroatoms. The van der Waals surface area contributed by atoms with Gasteiger partial charge in [0.05, 0.1) is 4.92 Å². The largest absolute Gasteiger partial charge is 0.362 e. The summed E-state index contributed by atoms with van der Waals surface area (Å²) in [6.45, 7) is 1.58. The van der Waals surface area contributed by atoms with E-state index in [9.17, 15) is 19.3 Å². The van der Waals surface area contributed by atoms with Gasteiger partial charge in [0.2, 0.25) is 0 Å². The van der Waals surface area contributed by atoms with Crippen LogP contribution in [-0.2, 0) is 0 Å². The number of carbonyl (C=O) groups is 1. The van der Waals surface area contributed by atoms with Crippen molar-refractivity contribution in [2.24, 2.45) is 0 Å². The molecule has 1 heterocycles. The molecule has 0 atom stereocenters. The van der Waals surface area contributed by atoms with Crippen molar-refractivity contribution in [1.29, 1.82) is 0 Å². The normalized spacial score (nSPS) is 14.5. The van der Waals surface area contributed by atoms with E-state index in [1.54, 1.807) is 34.1 Å². The van der Waals surface area contributed by atoms with Crippen molar-refractivity contribution < 1.29 is 14.1 Å². The fourth-order valence-corrected chi connectivity index (χ4v) is 2.96. The molecule has 25 heavy (non-hydrogen) atoms. The van der Waals surface area contributed by atoms with E-state index in [4.69, 9.17) is 11.6 Å².